The first-order chi connectivity index (χ1) is 15.4. The second kappa shape index (κ2) is 9.33. The average Bonchev–Trinajstić information content (AvgIpc) is 3.49. The van der Waals surface area contributed by atoms with Crippen molar-refractivity contribution in [1.29, 1.82) is 0 Å². The number of nitrogens with zero attached hydrogens (tertiary/aromatic N) is 3. The Labute approximate surface area is 185 Å². The Hall–Kier alpha value is -3.50. The molecule has 2 aromatic heterocycles. The Bertz CT molecular complexity index is 1160. The zero-order valence-corrected chi connectivity index (χ0v) is 17.4. The number of alkyl halides is 3. The van der Waals surface area contributed by atoms with Crippen molar-refractivity contribution < 1.29 is 18.0 Å². The van der Waals surface area contributed by atoms with Crippen molar-refractivity contribution in [2.24, 2.45) is 0 Å². The van der Waals surface area contributed by atoms with Crippen LogP contribution in [-0.2, 0) is 11.0 Å². The lowest BCUT2D eigenvalue weighted by Gasteiger charge is -2.19. The maximum atomic E-state index is 13.2. The van der Waals surface area contributed by atoms with Crippen LogP contribution < -0.4 is 10.6 Å². The van der Waals surface area contributed by atoms with Crippen molar-refractivity contribution in [3.05, 3.63) is 94.7 Å². The van der Waals surface area contributed by atoms with Crippen LogP contribution in [0.2, 0.25) is 0 Å². The summed E-state index contributed by atoms with van der Waals surface area (Å²) in [5.74, 6) is -0.483. The minimum Gasteiger partial charge on any atom is -0.323 e. The summed E-state index contributed by atoms with van der Waals surface area (Å²) in [7, 11) is 0. The highest BCUT2D eigenvalue weighted by Gasteiger charge is 2.31. The van der Waals surface area contributed by atoms with Crippen LogP contribution in [0.5, 0.6) is 0 Å². The number of anilines is 1. The van der Waals surface area contributed by atoms with E-state index in [9.17, 15) is 18.0 Å². The Balaban J connectivity index is 1.54. The zero-order valence-electron chi connectivity index (χ0n) is 16.6. The third kappa shape index (κ3) is 5.04. The van der Waals surface area contributed by atoms with Gasteiger partial charge in [-0.1, -0.05) is 36.4 Å². The van der Waals surface area contributed by atoms with E-state index >= 15 is 0 Å². The van der Waals surface area contributed by atoms with Gasteiger partial charge < -0.3 is 5.32 Å². The second-order valence-corrected chi connectivity index (χ2v) is 7.84. The molecule has 4 aromatic rings. The van der Waals surface area contributed by atoms with Crippen molar-refractivity contribution in [1.82, 2.24) is 20.1 Å². The third-order valence-electron chi connectivity index (χ3n) is 4.69. The largest absolute Gasteiger partial charge is 0.416 e. The first-order valence-corrected chi connectivity index (χ1v) is 10.5. The number of aromatic nitrogens is 3. The molecular weight excluding hydrogens is 439 g/mol. The zero-order chi connectivity index (χ0) is 22.6. The average molecular weight is 457 g/mol. The van der Waals surface area contributed by atoms with Gasteiger partial charge in [-0.25, -0.2) is 9.67 Å². The Morgan fingerprint density at radius 1 is 1.09 bits per heavy atom. The monoisotopic (exact) mass is 457 g/mol. The van der Waals surface area contributed by atoms with E-state index in [4.69, 9.17) is 0 Å². The Morgan fingerprint density at radius 3 is 2.56 bits per heavy atom. The van der Waals surface area contributed by atoms with Crippen LogP contribution in [0.25, 0.3) is 5.69 Å². The van der Waals surface area contributed by atoms with Gasteiger partial charge in [-0.2, -0.15) is 18.3 Å². The molecule has 0 radical (unpaired) electrons. The van der Waals surface area contributed by atoms with Gasteiger partial charge in [0.25, 0.3) is 0 Å². The van der Waals surface area contributed by atoms with E-state index in [2.05, 4.69) is 20.7 Å². The fourth-order valence-corrected chi connectivity index (χ4v) is 4.04. The topological polar surface area (TPSA) is 71.8 Å². The molecule has 2 heterocycles. The van der Waals surface area contributed by atoms with Crippen LogP contribution in [-0.4, -0.2) is 27.2 Å². The SMILES string of the molecule is O=C(CN[C@H](c1ccccc1)c1cccs1)Nc1cc(C(F)(F)F)ccc1-n1cncn1. The number of thiophene rings is 1. The van der Waals surface area contributed by atoms with Crippen molar-refractivity contribution in [3.8, 4) is 5.69 Å². The number of rotatable bonds is 7. The Kier molecular flexibility index (Phi) is 6.33. The molecule has 0 saturated carbocycles. The summed E-state index contributed by atoms with van der Waals surface area (Å²) in [6.07, 6.45) is -1.94. The molecule has 10 heteroatoms. The van der Waals surface area contributed by atoms with Gasteiger partial charge >= 0.3 is 6.18 Å². The molecule has 2 N–H and O–H groups in total. The number of carbonyl (C=O) groups excluding carboxylic acids is 1. The standard InChI is InChI=1S/C22H18F3N5OS/c23-22(24,25)16-8-9-18(30-14-26-13-28-30)17(11-16)29-20(31)12-27-21(19-7-4-10-32-19)15-5-2-1-3-6-15/h1-11,13-14,21,27H,12H2,(H,29,31)/t21-/m1/s1. The number of hydrogen-bond acceptors (Lipinski definition) is 5. The molecule has 0 saturated heterocycles. The quantitative estimate of drug-likeness (QED) is 0.423. The van der Waals surface area contributed by atoms with Crippen molar-refractivity contribution in [3.63, 3.8) is 0 Å². The molecule has 1 amide bonds. The maximum absolute atomic E-state index is 13.2. The van der Waals surface area contributed by atoms with Gasteiger partial charge in [0, 0.05) is 4.88 Å². The number of hydrogen-bond donors (Lipinski definition) is 2. The molecule has 0 bridgehead atoms. The molecule has 6 nitrogen and oxygen atoms in total. The van der Waals surface area contributed by atoms with Crippen LogP contribution in [0, 0.1) is 0 Å². The molecule has 0 aliphatic carbocycles. The summed E-state index contributed by atoms with van der Waals surface area (Å²) >= 11 is 1.55. The number of nitrogens with one attached hydrogen (secondary N) is 2. The lowest BCUT2D eigenvalue weighted by molar-refractivity contribution is -0.137. The number of benzene rings is 2. The van der Waals surface area contributed by atoms with Crippen molar-refractivity contribution in [2.75, 3.05) is 11.9 Å². The normalized spacial score (nSPS) is 12.5. The molecule has 0 unspecified atom stereocenters. The highest BCUT2D eigenvalue weighted by atomic mass is 32.1. The fraction of sp³-hybridized carbons (Fsp3) is 0.136. The smallest absolute Gasteiger partial charge is 0.323 e. The third-order valence-corrected chi connectivity index (χ3v) is 5.63. The first kappa shape index (κ1) is 21.7. The van der Waals surface area contributed by atoms with Crippen LogP contribution in [0.1, 0.15) is 22.0 Å². The summed E-state index contributed by atoms with van der Waals surface area (Å²) in [6.45, 7) is -0.107. The number of halogens is 3. The molecule has 32 heavy (non-hydrogen) atoms. The summed E-state index contributed by atoms with van der Waals surface area (Å²) < 4.78 is 41.0. The molecule has 4 rings (SSSR count). The Morgan fingerprint density at radius 2 is 1.91 bits per heavy atom. The molecule has 0 aliphatic rings. The molecule has 1 atom stereocenters. The molecule has 2 aromatic carbocycles. The van der Waals surface area contributed by atoms with E-state index < -0.39 is 17.6 Å². The van der Waals surface area contributed by atoms with Gasteiger partial charge in [0.15, 0.2) is 0 Å². The molecule has 0 fully saturated rings. The summed E-state index contributed by atoms with van der Waals surface area (Å²) in [4.78, 5) is 17.5. The summed E-state index contributed by atoms with van der Waals surface area (Å²) in [5, 5.41) is 11.7. The van der Waals surface area contributed by atoms with Crippen LogP contribution in [0.3, 0.4) is 0 Å². The lowest BCUT2D eigenvalue weighted by Crippen LogP contribution is -2.32. The van der Waals surface area contributed by atoms with E-state index in [1.54, 1.807) is 11.3 Å². The van der Waals surface area contributed by atoms with Crippen LogP contribution >= 0.6 is 11.3 Å². The van der Waals surface area contributed by atoms with Gasteiger partial charge in [0.2, 0.25) is 5.91 Å². The predicted octanol–water partition coefficient (Wildman–Crippen LogP) is 4.67. The minimum absolute atomic E-state index is 0.00971. The van der Waals surface area contributed by atoms with Gasteiger partial charge in [0.05, 0.1) is 29.5 Å². The van der Waals surface area contributed by atoms with Gasteiger partial charge in [-0.05, 0) is 35.2 Å². The van der Waals surface area contributed by atoms with Crippen molar-refractivity contribution in [2.45, 2.75) is 12.2 Å². The minimum atomic E-state index is -4.55. The summed E-state index contributed by atoms with van der Waals surface area (Å²) in [5.41, 5.74) is 0.377. The highest BCUT2D eigenvalue weighted by Crippen LogP contribution is 2.33. The van der Waals surface area contributed by atoms with Crippen LogP contribution in [0.15, 0.2) is 78.7 Å². The highest BCUT2D eigenvalue weighted by molar-refractivity contribution is 7.10. The lowest BCUT2D eigenvalue weighted by atomic mass is 10.1. The van der Waals surface area contributed by atoms with E-state index in [1.165, 1.54) is 23.4 Å². The second-order valence-electron chi connectivity index (χ2n) is 6.86. The van der Waals surface area contributed by atoms with Gasteiger partial charge in [-0.3, -0.25) is 10.1 Å². The van der Waals surface area contributed by atoms with E-state index in [1.807, 2.05) is 47.8 Å². The number of amides is 1. The van der Waals surface area contributed by atoms with Gasteiger partial charge in [-0.15, -0.1) is 11.3 Å². The molecular formula is C22H18F3N5OS. The molecule has 0 spiro atoms. The fourth-order valence-electron chi connectivity index (χ4n) is 3.22. The number of carbonyl (C=O) groups is 1. The van der Waals surface area contributed by atoms with E-state index in [-0.39, 0.29) is 24.0 Å². The van der Waals surface area contributed by atoms with E-state index in [0.717, 1.165) is 22.6 Å². The maximum Gasteiger partial charge on any atom is 0.416 e. The first-order valence-electron chi connectivity index (χ1n) is 9.59. The molecule has 0 aliphatic heterocycles. The van der Waals surface area contributed by atoms with Crippen molar-refractivity contribution >= 4 is 22.9 Å². The molecule has 164 valence electrons. The van der Waals surface area contributed by atoms with E-state index in [0.29, 0.717) is 0 Å². The van der Waals surface area contributed by atoms with Gasteiger partial charge in [0.1, 0.15) is 12.7 Å². The predicted molar refractivity (Wildman–Crippen MR) is 116 cm³/mol. The van der Waals surface area contributed by atoms with Crippen LogP contribution in [0.4, 0.5) is 18.9 Å². The summed E-state index contributed by atoms with van der Waals surface area (Å²) in [6, 6.07) is 16.4.